The molecule has 0 atom stereocenters. The maximum Gasteiger partial charge on any atom is 0.190 e. The fraction of sp³-hybridized carbons (Fsp3) is 0.800. The van der Waals surface area contributed by atoms with Gasteiger partial charge in [0.05, 0.1) is 6.61 Å². The minimum atomic E-state index is 0.782. The van der Waals surface area contributed by atoms with Gasteiger partial charge in [0.2, 0.25) is 0 Å². The van der Waals surface area contributed by atoms with Crippen molar-refractivity contribution in [2.24, 2.45) is 7.05 Å². The molecule has 0 radical (unpaired) electrons. The topological polar surface area (TPSA) is 52.0 Å². The van der Waals surface area contributed by atoms with Crippen molar-refractivity contribution in [3.63, 3.8) is 0 Å². The highest BCUT2D eigenvalue weighted by molar-refractivity contribution is 7.99. The number of hydrogen-bond donors (Lipinski definition) is 1. The molecule has 1 heterocycles. The second-order valence-corrected chi connectivity index (χ2v) is 4.45. The summed E-state index contributed by atoms with van der Waals surface area (Å²) in [6.07, 6.45) is 0. The van der Waals surface area contributed by atoms with Gasteiger partial charge in [0.15, 0.2) is 5.16 Å². The molecule has 1 aromatic rings. The standard InChI is InChI=1S/C10H20N4OS/c1-4-15-7-5-11-6-8-16-10-13-12-9(2)14(10)3/h11H,4-8H2,1-3H3. The average molecular weight is 244 g/mol. The largest absolute Gasteiger partial charge is 0.380 e. The van der Waals surface area contributed by atoms with Crippen LogP contribution in [-0.4, -0.2) is 46.8 Å². The predicted octanol–water partition coefficient (Wildman–Crippen LogP) is 0.842. The van der Waals surface area contributed by atoms with Gasteiger partial charge in [-0.05, 0) is 13.8 Å². The third-order valence-corrected chi connectivity index (χ3v) is 3.21. The van der Waals surface area contributed by atoms with Crippen LogP contribution in [0, 0.1) is 6.92 Å². The van der Waals surface area contributed by atoms with E-state index in [0.29, 0.717) is 0 Å². The molecule has 0 bridgehead atoms. The Morgan fingerprint density at radius 1 is 1.38 bits per heavy atom. The number of nitrogens with one attached hydrogen (secondary N) is 1. The van der Waals surface area contributed by atoms with Crippen LogP contribution in [0.4, 0.5) is 0 Å². The Bertz CT molecular complexity index is 303. The highest BCUT2D eigenvalue weighted by Gasteiger charge is 2.04. The maximum atomic E-state index is 5.23. The first-order valence-corrected chi connectivity index (χ1v) is 6.51. The molecule has 0 unspecified atom stereocenters. The number of ether oxygens (including phenoxy) is 1. The Kier molecular flexibility index (Phi) is 6.44. The molecule has 0 amide bonds. The molecule has 1 rings (SSSR count). The zero-order valence-corrected chi connectivity index (χ0v) is 11.0. The normalized spacial score (nSPS) is 10.9. The Hall–Kier alpha value is -0.590. The molecule has 0 fully saturated rings. The number of thioether (sulfide) groups is 1. The third kappa shape index (κ3) is 4.51. The van der Waals surface area contributed by atoms with Gasteiger partial charge in [-0.1, -0.05) is 11.8 Å². The summed E-state index contributed by atoms with van der Waals surface area (Å²) in [6.45, 7) is 7.40. The van der Waals surface area contributed by atoms with E-state index in [2.05, 4.69) is 15.5 Å². The molecule has 0 aliphatic heterocycles. The van der Waals surface area contributed by atoms with E-state index in [1.165, 1.54) is 0 Å². The van der Waals surface area contributed by atoms with E-state index in [1.54, 1.807) is 11.8 Å². The fourth-order valence-corrected chi connectivity index (χ4v) is 1.99. The van der Waals surface area contributed by atoms with Crippen molar-refractivity contribution >= 4 is 11.8 Å². The molecule has 0 aliphatic rings. The van der Waals surface area contributed by atoms with Crippen LogP contribution in [0.15, 0.2) is 5.16 Å². The van der Waals surface area contributed by atoms with E-state index in [0.717, 1.165) is 43.0 Å². The van der Waals surface area contributed by atoms with E-state index < -0.39 is 0 Å². The van der Waals surface area contributed by atoms with Crippen LogP contribution in [0.5, 0.6) is 0 Å². The molecule has 0 aromatic carbocycles. The molecular weight excluding hydrogens is 224 g/mol. The van der Waals surface area contributed by atoms with Crippen molar-refractivity contribution in [2.75, 3.05) is 32.1 Å². The number of aromatic nitrogens is 3. The lowest BCUT2D eigenvalue weighted by Gasteiger charge is -2.04. The molecule has 0 saturated carbocycles. The van der Waals surface area contributed by atoms with Gasteiger partial charge in [0.25, 0.3) is 0 Å². The lowest BCUT2D eigenvalue weighted by atomic mass is 10.6. The Balaban J connectivity index is 2.05. The highest BCUT2D eigenvalue weighted by Crippen LogP contribution is 2.13. The molecule has 6 heteroatoms. The lowest BCUT2D eigenvalue weighted by Crippen LogP contribution is -2.22. The first-order chi connectivity index (χ1) is 7.75. The summed E-state index contributed by atoms with van der Waals surface area (Å²) in [5, 5.41) is 12.4. The van der Waals surface area contributed by atoms with Crippen molar-refractivity contribution < 1.29 is 4.74 Å². The van der Waals surface area contributed by atoms with E-state index >= 15 is 0 Å². The number of aryl methyl sites for hydroxylation is 1. The number of rotatable bonds is 8. The quantitative estimate of drug-likeness (QED) is 0.542. The fourth-order valence-electron chi connectivity index (χ4n) is 1.14. The van der Waals surface area contributed by atoms with E-state index in [4.69, 9.17) is 4.74 Å². The number of hydrogen-bond acceptors (Lipinski definition) is 5. The van der Waals surface area contributed by atoms with Crippen molar-refractivity contribution in [3.8, 4) is 0 Å². The Morgan fingerprint density at radius 2 is 2.19 bits per heavy atom. The third-order valence-electron chi connectivity index (χ3n) is 2.19. The zero-order chi connectivity index (χ0) is 11.8. The summed E-state index contributed by atoms with van der Waals surface area (Å²) in [5.41, 5.74) is 0. The van der Waals surface area contributed by atoms with Gasteiger partial charge in [-0.25, -0.2) is 0 Å². The summed E-state index contributed by atoms with van der Waals surface area (Å²) in [5.74, 6) is 1.95. The second kappa shape index (κ2) is 7.65. The van der Waals surface area contributed by atoms with Crippen LogP contribution in [-0.2, 0) is 11.8 Å². The Morgan fingerprint density at radius 3 is 2.81 bits per heavy atom. The maximum absolute atomic E-state index is 5.23. The summed E-state index contributed by atoms with van der Waals surface area (Å²) in [4.78, 5) is 0. The predicted molar refractivity (Wildman–Crippen MR) is 65.8 cm³/mol. The molecular formula is C10H20N4OS. The van der Waals surface area contributed by atoms with E-state index in [1.807, 2.05) is 25.5 Å². The van der Waals surface area contributed by atoms with Crippen molar-refractivity contribution in [2.45, 2.75) is 19.0 Å². The van der Waals surface area contributed by atoms with Crippen LogP contribution < -0.4 is 5.32 Å². The van der Waals surface area contributed by atoms with E-state index in [9.17, 15) is 0 Å². The minimum absolute atomic E-state index is 0.782. The van der Waals surface area contributed by atoms with Gasteiger partial charge in [-0.15, -0.1) is 10.2 Å². The average Bonchev–Trinajstić information content (AvgIpc) is 2.59. The SMILES string of the molecule is CCOCCNCCSc1nnc(C)n1C. The highest BCUT2D eigenvalue weighted by atomic mass is 32.2. The van der Waals surface area contributed by atoms with Crippen molar-refractivity contribution in [1.82, 2.24) is 20.1 Å². The van der Waals surface area contributed by atoms with Gasteiger partial charge >= 0.3 is 0 Å². The molecule has 0 spiro atoms. The van der Waals surface area contributed by atoms with Crippen LogP contribution in [0.3, 0.4) is 0 Å². The van der Waals surface area contributed by atoms with Crippen LogP contribution in [0.2, 0.25) is 0 Å². The smallest absolute Gasteiger partial charge is 0.190 e. The van der Waals surface area contributed by atoms with Crippen LogP contribution in [0.25, 0.3) is 0 Å². The first kappa shape index (κ1) is 13.5. The molecule has 0 saturated heterocycles. The summed E-state index contributed by atoms with van der Waals surface area (Å²) in [7, 11) is 1.99. The molecule has 1 N–H and O–H groups in total. The summed E-state index contributed by atoms with van der Waals surface area (Å²) < 4.78 is 7.23. The number of nitrogens with zero attached hydrogens (tertiary/aromatic N) is 3. The van der Waals surface area contributed by atoms with Gasteiger partial charge in [0.1, 0.15) is 5.82 Å². The van der Waals surface area contributed by atoms with Gasteiger partial charge < -0.3 is 14.6 Å². The van der Waals surface area contributed by atoms with E-state index in [-0.39, 0.29) is 0 Å². The van der Waals surface area contributed by atoms with Crippen LogP contribution in [0.1, 0.15) is 12.7 Å². The second-order valence-electron chi connectivity index (χ2n) is 3.38. The van der Waals surface area contributed by atoms with Gasteiger partial charge in [-0.3, -0.25) is 0 Å². The zero-order valence-electron chi connectivity index (χ0n) is 10.2. The Labute approximate surface area is 101 Å². The summed E-state index contributed by atoms with van der Waals surface area (Å²) in [6, 6.07) is 0. The van der Waals surface area contributed by atoms with Crippen LogP contribution >= 0.6 is 11.8 Å². The molecule has 1 aromatic heterocycles. The van der Waals surface area contributed by atoms with Crippen molar-refractivity contribution in [3.05, 3.63) is 5.82 Å². The lowest BCUT2D eigenvalue weighted by molar-refractivity contribution is 0.150. The first-order valence-electron chi connectivity index (χ1n) is 5.53. The molecule has 0 aliphatic carbocycles. The molecule has 92 valence electrons. The van der Waals surface area contributed by atoms with Gasteiger partial charge in [-0.2, -0.15) is 0 Å². The monoisotopic (exact) mass is 244 g/mol. The van der Waals surface area contributed by atoms with Crippen molar-refractivity contribution in [1.29, 1.82) is 0 Å². The summed E-state index contributed by atoms with van der Waals surface area (Å²) >= 11 is 1.72. The van der Waals surface area contributed by atoms with Gasteiger partial charge in [0, 0.05) is 32.5 Å². The molecule has 16 heavy (non-hydrogen) atoms. The molecule has 5 nitrogen and oxygen atoms in total. The minimum Gasteiger partial charge on any atom is -0.380 e.